The van der Waals surface area contributed by atoms with Gasteiger partial charge in [0.25, 0.3) is 5.91 Å². The van der Waals surface area contributed by atoms with Crippen molar-refractivity contribution < 1.29 is 13.2 Å². The van der Waals surface area contributed by atoms with Crippen molar-refractivity contribution in [2.24, 2.45) is 5.92 Å². The fraction of sp³-hybridized carbons (Fsp3) is 0.562. The summed E-state index contributed by atoms with van der Waals surface area (Å²) in [4.78, 5) is 12.5. The number of rotatable bonds is 5. The Morgan fingerprint density at radius 2 is 1.83 bits per heavy atom. The normalized spacial score (nSPS) is 17.4. The van der Waals surface area contributed by atoms with Gasteiger partial charge in [-0.05, 0) is 43.9 Å². The van der Waals surface area contributed by atoms with E-state index in [4.69, 9.17) is 11.6 Å². The highest BCUT2D eigenvalue weighted by Gasteiger charge is 2.28. The first kappa shape index (κ1) is 18.2. The third kappa shape index (κ3) is 4.05. The summed E-state index contributed by atoms with van der Waals surface area (Å²) in [6.07, 6.45) is 1.73. The number of benzene rings is 1. The molecule has 23 heavy (non-hydrogen) atoms. The highest BCUT2D eigenvalue weighted by Crippen LogP contribution is 2.25. The zero-order valence-corrected chi connectivity index (χ0v) is 15.2. The molecule has 0 unspecified atom stereocenters. The molecule has 1 aromatic carbocycles. The van der Waals surface area contributed by atoms with Gasteiger partial charge in [-0.3, -0.25) is 4.79 Å². The molecule has 0 aromatic heterocycles. The maximum Gasteiger partial charge on any atom is 0.253 e. The van der Waals surface area contributed by atoms with E-state index >= 15 is 0 Å². The van der Waals surface area contributed by atoms with Crippen LogP contribution >= 0.6 is 11.6 Å². The first-order valence-corrected chi connectivity index (χ1v) is 9.66. The van der Waals surface area contributed by atoms with E-state index in [1.807, 2.05) is 20.8 Å². The molecular weight excluding hydrogens is 336 g/mol. The number of halogens is 1. The van der Waals surface area contributed by atoms with E-state index < -0.39 is 10.0 Å². The van der Waals surface area contributed by atoms with Crippen molar-refractivity contribution >= 4 is 27.5 Å². The van der Waals surface area contributed by atoms with Crippen LogP contribution in [-0.4, -0.2) is 37.8 Å². The van der Waals surface area contributed by atoms with Crippen molar-refractivity contribution in [3.05, 3.63) is 28.8 Å². The molecule has 1 aliphatic rings. The van der Waals surface area contributed by atoms with Crippen molar-refractivity contribution in [1.29, 1.82) is 0 Å². The first-order chi connectivity index (χ1) is 10.7. The Kier molecular flexibility index (Phi) is 5.70. The molecule has 7 heteroatoms. The van der Waals surface area contributed by atoms with Crippen LogP contribution in [-0.2, 0) is 10.0 Å². The average Bonchev–Trinajstić information content (AvgIpc) is 3.02. The molecular formula is C16H23ClN2O3S. The Bertz CT molecular complexity index is 683. The van der Waals surface area contributed by atoms with Gasteiger partial charge in [-0.25, -0.2) is 8.42 Å². The predicted octanol–water partition coefficient (Wildman–Crippen LogP) is 2.90. The summed E-state index contributed by atoms with van der Waals surface area (Å²) >= 11 is 6.09. The summed E-state index contributed by atoms with van der Waals surface area (Å²) in [7, 11) is -3.56. The van der Waals surface area contributed by atoms with Crippen molar-refractivity contribution in [3.8, 4) is 0 Å². The maximum absolute atomic E-state index is 12.6. The van der Waals surface area contributed by atoms with E-state index in [2.05, 4.69) is 5.32 Å². The summed E-state index contributed by atoms with van der Waals surface area (Å²) < 4.78 is 26.7. The van der Waals surface area contributed by atoms with Gasteiger partial charge in [-0.2, -0.15) is 4.31 Å². The summed E-state index contributed by atoms with van der Waals surface area (Å²) in [5, 5.41) is 3.10. The number of hydrogen-bond acceptors (Lipinski definition) is 3. The molecule has 1 fully saturated rings. The van der Waals surface area contributed by atoms with Crippen LogP contribution in [0.1, 0.15) is 44.0 Å². The van der Waals surface area contributed by atoms with E-state index in [9.17, 15) is 13.2 Å². The molecule has 5 nitrogen and oxygen atoms in total. The molecule has 0 spiro atoms. The van der Waals surface area contributed by atoms with E-state index in [-0.39, 0.29) is 33.3 Å². The van der Waals surface area contributed by atoms with Crippen LogP contribution < -0.4 is 5.32 Å². The highest BCUT2D eigenvalue weighted by atomic mass is 35.5. The minimum atomic E-state index is -3.56. The predicted molar refractivity (Wildman–Crippen MR) is 91.2 cm³/mol. The second-order valence-electron chi connectivity index (χ2n) is 6.26. The molecule has 0 saturated carbocycles. The van der Waals surface area contributed by atoms with Crippen LogP contribution in [0, 0.1) is 5.92 Å². The number of nitrogens with one attached hydrogen (secondary N) is 1. The van der Waals surface area contributed by atoms with E-state index in [0.717, 1.165) is 12.8 Å². The van der Waals surface area contributed by atoms with E-state index in [1.165, 1.54) is 22.5 Å². The van der Waals surface area contributed by atoms with Crippen molar-refractivity contribution in [2.45, 2.75) is 44.6 Å². The van der Waals surface area contributed by atoms with Gasteiger partial charge in [0, 0.05) is 19.1 Å². The van der Waals surface area contributed by atoms with Crippen molar-refractivity contribution in [3.63, 3.8) is 0 Å². The number of sulfonamides is 1. The van der Waals surface area contributed by atoms with Crippen LogP contribution in [0.5, 0.6) is 0 Å². The van der Waals surface area contributed by atoms with Gasteiger partial charge in [0.1, 0.15) is 0 Å². The minimum absolute atomic E-state index is 0.0302. The molecule has 1 heterocycles. The largest absolute Gasteiger partial charge is 0.349 e. The molecule has 1 amide bonds. The number of amides is 1. The van der Waals surface area contributed by atoms with Crippen LogP contribution in [0.25, 0.3) is 0 Å². The molecule has 128 valence electrons. The van der Waals surface area contributed by atoms with Crippen LogP contribution in [0.15, 0.2) is 23.1 Å². The zero-order chi connectivity index (χ0) is 17.2. The zero-order valence-electron chi connectivity index (χ0n) is 13.7. The van der Waals surface area contributed by atoms with Gasteiger partial charge < -0.3 is 5.32 Å². The lowest BCUT2D eigenvalue weighted by molar-refractivity contribution is 0.0930. The number of hydrogen-bond donors (Lipinski definition) is 1. The molecule has 2 rings (SSSR count). The Balaban J connectivity index is 2.30. The second-order valence-corrected chi connectivity index (χ2v) is 8.60. The Labute approximate surface area is 143 Å². The average molecular weight is 359 g/mol. The highest BCUT2D eigenvalue weighted by molar-refractivity contribution is 7.89. The van der Waals surface area contributed by atoms with E-state index in [1.54, 1.807) is 0 Å². The van der Waals surface area contributed by atoms with Crippen molar-refractivity contribution in [1.82, 2.24) is 9.62 Å². The molecule has 1 N–H and O–H groups in total. The number of carbonyl (C=O) groups is 1. The molecule has 0 aliphatic carbocycles. The fourth-order valence-corrected chi connectivity index (χ4v) is 4.11. The monoisotopic (exact) mass is 358 g/mol. The van der Waals surface area contributed by atoms with Gasteiger partial charge >= 0.3 is 0 Å². The Morgan fingerprint density at radius 1 is 1.22 bits per heavy atom. The van der Waals surface area contributed by atoms with Crippen molar-refractivity contribution in [2.75, 3.05) is 13.1 Å². The maximum atomic E-state index is 12.6. The molecule has 0 bridgehead atoms. The third-order valence-electron chi connectivity index (χ3n) is 4.24. The summed E-state index contributed by atoms with van der Waals surface area (Å²) in [5.41, 5.74) is 0.194. The van der Waals surface area contributed by atoms with Crippen LogP contribution in [0.2, 0.25) is 5.02 Å². The molecule has 1 saturated heterocycles. The first-order valence-electron chi connectivity index (χ1n) is 7.84. The van der Waals surface area contributed by atoms with Crippen LogP contribution in [0.4, 0.5) is 0 Å². The topological polar surface area (TPSA) is 66.5 Å². The van der Waals surface area contributed by atoms with E-state index in [0.29, 0.717) is 13.1 Å². The lowest BCUT2D eigenvalue weighted by Crippen LogP contribution is -2.36. The molecule has 1 aliphatic heterocycles. The molecule has 1 atom stereocenters. The van der Waals surface area contributed by atoms with Gasteiger partial charge in [-0.15, -0.1) is 0 Å². The third-order valence-corrected chi connectivity index (χ3v) is 6.47. The fourth-order valence-electron chi connectivity index (χ4n) is 2.37. The summed E-state index contributed by atoms with van der Waals surface area (Å²) in [6.45, 7) is 6.96. The second kappa shape index (κ2) is 7.20. The van der Waals surface area contributed by atoms with Gasteiger partial charge in [0.15, 0.2) is 0 Å². The lowest BCUT2D eigenvalue weighted by Gasteiger charge is -2.19. The van der Waals surface area contributed by atoms with Gasteiger partial charge in [-0.1, -0.05) is 25.4 Å². The summed E-state index contributed by atoms with van der Waals surface area (Å²) in [6, 6.07) is 4.27. The Morgan fingerprint density at radius 3 is 2.39 bits per heavy atom. The van der Waals surface area contributed by atoms with Crippen LogP contribution in [0.3, 0.4) is 0 Å². The summed E-state index contributed by atoms with van der Waals surface area (Å²) in [5.74, 6) is -0.0797. The lowest BCUT2D eigenvalue weighted by atomic mass is 10.1. The quantitative estimate of drug-likeness (QED) is 0.880. The standard InChI is InChI=1S/C16H23ClN2O3S/c1-11(2)12(3)18-16(20)14-10-13(6-7-15(14)17)23(21,22)19-8-4-5-9-19/h6-7,10-12H,4-5,8-9H2,1-3H3,(H,18,20)/t12-/m0/s1. The smallest absolute Gasteiger partial charge is 0.253 e. The van der Waals surface area contributed by atoms with Gasteiger partial charge in [0.2, 0.25) is 10.0 Å². The minimum Gasteiger partial charge on any atom is -0.349 e. The Hall–Kier alpha value is -1.11. The molecule has 1 aromatic rings. The SMILES string of the molecule is CC(C)[C@H](C)NC(=O)c1cc(S(=O)(=O)N2CCCC2)ccc1Cl. The number of nitrogens with zero attached hydrogens (tertiary/aromatic N) is 1. The number of carbonyl (C=O) groups excluding carboxylic acids is 1. The van der Waals surface area contributed by atoms with Gasteiger partial charge in [0.05, 0.1) is 15.5 Å². The molecule has 0 radical (unpaired) electrons.